The summed E-state index contributed by atoms with van der Waals surface area (Å²) in [5.74, 6) is 0.450. The number of hydrogen-bond donors (Lipinski definition) is 1. The van der Waals surface area contributed by atoms with E-state index in [4.69, 9.17) is 0 Å². The SMILES string of the molecule is CC1CC(O)CCN1CC1CCN(c2nc(C(F)(F)F)cs2)C1. The zero-order valence-corrected chi connectivity index (χ0v) is 13.9. The minimum atomic E-state index is -4.36. The molecule has 23 heavy (non-hydrogen) atoms. The minimum absolute atomic E-state index is 0.197. The monoisotopic (exact) mass is 349 g/mol. The van der Waals surface area contributed by atoms with Crippen LogP contribution in [0.5, 0.6) is 0 Å². The Morgan fingerprint density at radius 3 is 2.78 bits per heavy atom. The normalized spacial score (nSPS) is 30.1. The average molecular weight is 349 g/mol. The van der Waals surface area contributed by atoms with Gasteiger partial charge in [0.05, 0.1) is 6.10 Å². The van der Waals surface area contributed by atoms with Crippen LogP contribution in [0.1, 0.15) is 31.9 Å². The van der Waals surface area contributed by atoms with Crippen molar-refractivity contribution in [2.24, 2.45) is 5.92 Å². The number of hydrogen-bond acceptors (Lipinski definition) is 5. The molecule has 2 aliphatic rings. The molecule has 0 saturated carbocycles. The van der Waals surface area contributed by atoms with Crippen LogP contribution in [0, 0.1) is 5.92 Å². The molecule has 8 heteroatoms. The van der Waals surface area contributed by atoms with E-state index in [0.717, 1.165) is 62.2 Å². The van der Waals surface area contributed by atoms with Crippen LogP contribution in [-0.2, 0) is 6.18 Å². The Labute approximate surface area is 137 Å². The van der Waals surface area contributed by atoms with Crippen molar-refractivity contribution in [3.05, 3.63) is 11.1 Å². The van der Waals surface area contributed by atoms with Gasteiger partial charge >= 0.3 is 6.18 Å². The maximum Gasteiger partial charge on any atom is 0.434 e. The first-order valence-corrected chi connectivity index (χ1v) is 8.90. The maximum absolute atomic E-state index is 12.6. The van der Waals surface area contributed by atoms with Gasteiger partial charge in [0.25, 0.3) is 0 Å². The fraction of sp³-hybridized carbons (Fsp3) is 0.800. The van der Waals surface area contributed by atoms with Crippen molar-refractivity contribution in [3.63, 3.8) is 0 Å². The lowest BCUT2D eigenvalue weighted by molar-refractivity contribution is -0.140. The molecule has 2 fully saturated rings. The van der Waals surface area contributed by atoms with Crippen molar-refractivity contribution in [2.45, 2.75) is 44.5 Å². The predicted octanol–water partition coefficient (Wildman–Crippen LogP) is 2.83. The lowest BCUT2D eigenvalue weighted by Crippen LogP contribution is -2.45. The number of aromatic nitrogens is 1. The summed E-state index contributed by atoms with van der Waals surface area (Å²) < 4.78 is 37.9. The van der Waals surface area contributed by atoms with E-state index in [9.17, 15) is 18.3 Å². The molecule has 0 bridgehead atoms. The van der Waals surface area contributed by atoms with Crippen molar-refractivity contribution in [2.75, 3.05) is 31.1 Å². The first kappa shape index (κ1) is 17.0. The molecule has 130 valence electrons. The van der Waals surface area contributed by atoms with E-state index >= 15 is 0 Å². The lowest BCUT2D eigenvalue weighted by Gasteiger charge is -2.37. The average Bonchev–Trinajstić information content (AvgIpc) is 3.10. The molecule has 0 aromatic carbocycles. The van der Waals surface area contributed by atoms with E-state index in [-0.39, 0.29) is 6.10 Å². The van der Waals surface area contributed by atoms with E-state index in [1.807, 2.05) is 4.90 Å². The molecule has 3 rings (SSSR count). The van der Waals surface area contributed by atoms with Crippen LogP contribution >= 0.6 is 11.3 Å². The lowest BCUT2D eigenvalue weighted by atomic mass is 9.98. The number of nitrogens with zero attached hydrogens (tertiary/aromatic N) is 3. The molecule has 3 atom stereocenters. The molecule has 1 aromatic heterocycles. The largest absolute Gasteiger partial charge is 0.434 e. The summed E-state index contributed by atoms with van der Waals surface area (Å²) in [6.45, 7) is 5.50. The smallest absolute Gasteiger partial charge is 0.393 e. The summed E-state index contributed by atoms with van der Waals surface area (Å²) in [7, 11) is 0. The minimum Gasteiger partial charge on any atom is -0.393 e. The number of anilines is 1. The van der Waals surface area contributed by atoms with Gasteiger partial charge in [-0.2, -0.15) is 13.2 Å². The summed E-state index contributed by atoms with van der Waals surface area (Å²) in [4.78, 5) is 8.10. The summed E-state index contributed by atoms with van der Waals surface area (Å²) in [5.41, 5.74) is -0.792. The third-order valence-electron chi connectivity index (χ3n) is 4.82. The zero-order valence-electron chi connectivity index (χ0n) is 13.1. The first-order chi connectivity index (χ1) is 10.8. The molecule has 0 spiro atoms. The highest BCUT2D eigenvalue weighted by Crippen LogP contribution is 2.35. The van der Waals surface area contributed by atoms with E-state index in [1.165, 1.54) is 0 Å². The third kappa shape index (κ3) is 3.97. The highest BCUT2D eigenvalue weighted by molar-refractivity contribution is 7.13. The van der Waals surface area contributed by atoms with Gasteiger partial charge in [-0.15, -0.1) is 11.3 Å². The van der Waals surface area contributed by atoms with Crippen molar-refractivity contribution in [3.8, 4) is 0 Å². The van der Waals surface area contributed by atoms with E-state index in [1.54, 1.807) is 0 Å². The molecule has 3 heterocycles. The zero-order chi connectivity index (χ0) is 16.6. The molecular formula is C15H22F3N3OS. The highest BCUT2D eigenvalue weighted by Gasteiger charge is 2.35. The Morgan fingerprint density at radius 1 is 1.35 bits per heavy atom. The van der Waals surface area contributed by atoms with Gasteiger partial charge in [-0.1, -0.05) is 0 Å². The van der Waals surface area contributed by atoms with Crippen molar-refractivity contribution in [1.82, 2.24) is 9.88 Å². The van der Waals surface area contributed by atoms with Gasteiger partial charge in [0.2, 0.25) is 0 Å². The summed E-state index contributed by atoms with van der Waals surface area (Å²) in [6, 6.07) is 0.365. The van der Waals surface area contributed by atoms with Crippen molar-refractivity contribution >= 4 is 16.5 Å². The topological polar surface area (TPSA) is 39.6 Å². The quantitative estimate of drug-likeness (QED) is 0.911. The van der Waals surface area contributed by atoms with Crippen LogP contribution in [0.2, 0.25) is 0 Å². The number of aliphatic hydroxyl groups is 1. The maximum atomic E-state index is 12.6. The van der Waals surface area contributed by atoms with Crippen LogP contribution in [0.4, 0.5) is 18.3 Å². The van der Waals surface area contributed by atoms with Crippen LogP contribution in [-0.4, -0.2) is 53.3 Å². The predicted molar refractivity (Wildman–Crippen MR) is 83.7 cm³/mol. The second-order valence-electron chi connectivity index (χ2n) is 6.64. The van der Waals surface area contributed by atoms with Crippen LogP contribution in [0.3, 0.4) is 0 Å². The number of likely N-dealkylation sites (tertiary alicyclic amines) is 1. The number of thiazole rings is 1. The van der Waals surface area contributed by atoms with Gasteiger partial charge in [0, 0.05) is 37.6 Å². The van der Waals surface area contributed by atoms with Crippen LogP contribution in [0.15, 0.2) is 5.38 Å². The number of aliphatic hydroxyl groups excluding tert-OH is 1. The standard InChI is InChI=1S/C15H22F3N3OS/c1-10-6-12(22)3-5-20(10)7-11-2-4-21(8-11)14-19-13(9-23-14)15(16,17)18/h9-12,22H,2-8H2,1H3. The summed E-state index contributed by atoms with van der Waals surface area (Å²) >= 11 is 1.07. The van der Waals surface area contributed by atoms with Gasteiger partial charge in [-0.05, 0) is 32.1 Å². The van der Waals surface area contributed by atoms with E-state index in [2.05, 4.69) is 16.8 Å². The fourth-order valence-electron chi connectivity index (χ4n) is 3.49. The first-order valence-electron chi connectivity index (χ1n) is 8.02. The molecule has 2 aliphatic heterocycles. The second-order valence-corrected chi connectivity index (χ2v) is 7.47. The van der Waals surface area contributed by atoms with Crippen LogP contribution in [0.25, 0.3) is 0 Å². The van der Waals surface area contributed by atoms with E-state index < -0.39 is 11.9 Å². The Balaban J connectivity index is 1.55. The molecule has 3 unspecified atom stereocenters. The highest BCUT2D eigenvalue weighted by atomic mass is 32.1. The number of halogens is 3. The van der Waals surface area contributed by atoms with Crippen LogP contribution < -0.4 is 4.90 Å². The number of alkyl halides is 3. The molecule has 0 amide bonds. The van der Waals surface area contributed by atoms with Gasteiger partial charge < -0.3 is 14.9 Å². The molecule has 4 nitrogen and oxygen atoms in total. The Bertz CT molecular complexity index is 536. The second kappa shape index (κ2) is 6.57. The van der Waals surface area contributed by atoms with Gasteiger partial charge in [0.1, 0.15) is 0 Å². The molecule has 1 aromatic rings. The number of piperidine rings is 1. The molecule has 1 N–H and O–H groups in total. The molecule has 0 radical (unpaired) electrons. The van der Waals surface area contributed by atoms with Gasteiger partial charge in [-0.3, -0.25) is 0 Å². The Kier molecular flexibility index (Phi) is 4.85. The number of rotatable bonds is 3. The molecule has 2 saturated heterocycles. The van der Waals surface area contributed by atoms with E-state index in [0.29, 0.717) is 17.1 Å². The third-order valence-corrected chi connectivity index (χ3v) is 5.72. The summed E-state index contributed by atoms with van der Waals surface area (Å²) in [6.07, 6.45) is -1.97. The fourth-order valence-corrected chi connectivity index (χ4v) is 4.36. The Hall–Kier alpha value is -0.860. The molecule has 0 aliphatic carbocycles. The van der Waals surface area contributed by atoms with Crippen molar-refractivity contribution < 1.29 is 18.3 Å². The van der Waals surface area contributed by atoms with Crippen molar-refractivity contribution in [1.29, 1.82) is 0 Å². The Morgan fingerprint density at radius 2 is 2.13 bits per heavy atom. The van der Waals surface area contributed by atoms with Gasteiger partial charge in [-0.25, -0.2) is 4.98 Å². The summed E-state index contributed by atoms with van der Waals surface area (Å²) in [5, 5.41) is 11.3. The van der Waals surface area contributed by atoms with Gasteiger partial charge in [0.15, 0.2) is 10.8 Å². The molecular weight excluding hydrogens is 327 g/mol.